The van der Waals surface area contributed by atoms with Crippen molar-refractivity contribution < 1.29 is 4.79 Å². The summed E-state index contributed by atoms with van der Waals surface area (Å²) >= 11 is 0. The van der Waals surface area contributed by atoms with E-state index in [-0.39, 0.29) is 11.7 Å². The van der Waals surface area contributed by atoms with Crippen molar-refractivity contribution in [1.29, 1.82) is 0 Å². The van der Waals surface area contributed by atoms with Crippen LogP contribution < -0.4 is 0 Å². The Hall–Kier alpha value is -1.15. The highest BCUT2D eigenvalue weighted by Crippen LogP contribution is 2.16. The van der Waals surface area contributed by atoms with Crippen molar-refractivity contribution in [2.75, 3.05) is 19.6 Å². The summed E-state index contributed by atoms with van der Waals surface area (Å²) in [5.74, 6) is 0.327. The van der Waals surface area contributed by atoms with Crippen LogP contribution in [-0.4, -0.2) is 30.3 Å². The molecule has 0 saturated carbocycles. The van der Waals surface area contributed by atoms with Gasteiger partial charge in [-0.3, -0.25) is 4.79 Å². The molecule has 1 rings (SSSR count). The van der Waals surface area contributed by atoms with Crippen LogP contribution in [0.25, 0.3) is 0 Å². The number of rotatable bonds is 6. The van der Waals surface area contributed by atoms with E-state index in [4.69, 9.17) is 0 Å². The highest BCUT2D eigenvalue weighted by molar-refractivity contribution is 5.99. The monoisotopic (exact) mass is 247 g/mol. The molecule has 100 valence electrons. The van der Waals surface area contributed by atoms with E-state index in [0.29, 0.717) is 0 Å². The van der Waals surface area contributed by atoms with E-state index in [0.717, 1.165) is 36.3 Å². The maximum Gasteiger partial charge on any atom is 0.167 e. The normalized spacial score (nSPS) is 12.8. The van der Waals surface area contributed by atoms with Crippen LogP contribution in [0.4, 0.5) is 0 Å². The number of ketones is 1. The van der Waals surface area contributed by atoms with Crippen LogP contribution in [0.1, 0.15) is 42.3 Å². The molecule has 2 nitrogen and oxygen atoms in total. The number of carbonyl (C=O) groups excluding carboxylic acids is 1. The zero-order valence-electron chi connectivity index (χ0n) is 12.3. The SMILES string of the molecule is CCN(CC)CC(C)C(=O)c1cc(C)ccc1C. The zero-order chi connectivity index (χ0) is 13.7. The molecule has 1 atom stereocenters. The van der Waals surface area contributed by atoms with Crippen LogP contribution in [-0.2, 0) is 0 Å². The van der Waals surface area contributed by atoms with E-state index in [1.54, 1.807) is 0 Å². The van der Waals surface area contributed by atoms with E-state index in [1.807, 2.05) is 32.9 Å². The summed E-state index contributed by atoms with van der Waals surface area (Å²) in [6, 6.07) is 6.10. The van der Waals surface area contributed by atoms with Gasteiger partial charge in [0.05, 0.1) is 0 Å². The van der Waals surface area contributed by atoms with Gasteiger partial charge in [-0.1, -0.05) is 38.5 Å². The van der Waals surface area contributed by atoms with Gasteiger partial charge in [-0.2, -0.15) is 0 Å². The molecule has 0 aliphatic carbocycles. The zero-order valence-corrected chi connectivity index (χ0v) is 12.3. The summed E-state index contributed by atoms with van der Waals surface area (Å²) < 4.78 is 0. The average Bonchev–Trinajstić information content (AvgIpc) is 2.37. The highest BCUT2D eigenvalue weighted by Gasteiger charge is 2.18. The van der Waals surface area contributed by atoms with Gasteiger partial charge in [0.25, 0.3) is 0 Å². The van der Waals surface area contributed by atoms with Gasteiger partial charge in [-0.15, -0.1) is 0 Å². The predicted molar refractivity (Wildman–Crippen MR) is 77.2 cm³/mol. The van der Waals surface area contributed by atoms with Crippen LogP contribution in [0.15, 0.2) is 18.2 Å². The first-order valence-electron chi connectivity index (χ1n) is 6.83. The maximum atomic E-state index is 12.5. The van der Waals surface area contributed by atoms with Gasteiger partial charge in [0.1, 0.15) is 0 Å². The fourth-order valence-electron chi connectivity index (χ4n) is 2.22. The van der Waals surface area contributed by atoms with Crippen molar-refractivity contribution in [2.24, 2.45) is 5.92 Å². The molecule has 1 aromatic carbocycles. The summed E-state index contributed by atoms with van der Waals surface area (Å²) in [4.78, 5) is 14.8. The number of hydrogen-bond donors (Lipinski definition) is 0. The lowest BCUT2D eigenvalue weighted by Gasteiger charge is -2.22. The third-order valence-corrected chi connectivity index (χ3v) is 3.53. The molecular weight excluding hydrogens is 222 g/mol. The Balaban J connectivity index is 2.83. The molecule has 0 heterocycles. The molecule has 1 aromatic rings. The quantitative estimate of drug-likeness (QED) is 0.717. The van der Waals surface area contributed by atoms with E-state index in [1.165, 1.54) is 0 Å². The minimum atomic E-state index is 0.0606. The van der Waals surface area contributed by atoms with Gasteiger partial charge in [-0.05, 0) is 38.6 Å². The Morgan fingerprint density at radius 1 is 1.22 bits per heavy atom. The largest absolute Gasteiger partial charge is 0.303 e. The number of aryl methyl sites for hydroxylation is 2. The Morgan fingerprint density at radius 3 is 2.39 bits per heavy atom. The number of Topliss-reactive ketones (excluding diaryl/α,β-unsaturated/α-hetero) is 1. The van der Waals surface area contributed by atoms with Crippen LogP contribution in [0.2, 0.25) is 0 Å². The fourth-order valence-corrected chi connectivity index (χ4v) is 2.22. The topological polar surface area (TPSA) is 20.3 Å². The molecular formula is C16H25NO. The molecule has 0 saturated heterocycles. The first-order chi connectivity index (χ1) is 8.49. The molecule has 0 N–H and O–H groups in total. The Morgan fingerprint density at radius 2 is 1.83 bits per heavy atom. The molecule has 0 aromatic heterocycles. The molecule has 2 heteroatoms. The van der Waals surface area contributed by atoms with Crippen molar-refractivity contribution in [1.82, 2.24) is 4.90 Å². The lowest BCUT2D eigenvalue weighted by Crippen LogP contribution is -2.31. The van der Waals surface area contributed by atoms with Crippen LogP contribution in [0.3, 0.4) is 0 Å². The predicted octanol–water partition coefficient (Wildman–Crippen LogP) is 3.46. The van der Waals surface area contributed by atoms with Gasteiger partial charge >= 0.3 is 0 Å². The minimum absolute atomic E-state index is 0.0606. The summed E-state index contributed by atoms with van der Waals surface area (Å²) in [5, 5.41) is 0. The second-order valence-corrected chi connectivity index (χ2v) is 5.07. The molecule has 0 aliphatic rings. The second kappa shape index (κ2) is 6.69. The summed E-state index contributed by atoms with van der Waals surface area (Å²) in [5.41, 5.74) is 3.12. The maximum absolute atomic E-state index is 12.5. The van der Waals surface area contributed by atoms with Crippen molar-refractivity contribution >= 4 is 5.78 Å². The summed E-state index contributed by atoms with van der Waals surface area (Å²) in [7, 11) is 0. The third-order valence-electron chi connectivity index (χ3n) is 3.53. The van der Waals surface area contributed by atoms with Crippen LogP contribution in [0, 0.1) is 19.8 Å². The fraction of sp³-hybridized carbons (Fsp3) is 0.562. The van der Waals surface area contributed by atoms with E-state index in [9.17, 15) is 4.79 Å². The minimum Gasteiger partial charge on any atom is -0.303 e. The molecule has 18 heavy (non-hydrogen) atoms. The van der Waals surface area contributed by atoms with E-state index >= 15 is 0 Å². The average molecular weight is 247 g/mol. The lowest BCUT2D eigenvalue weighted by atomic mass is 9.94. The number of benzene rings is 1. The summed E-state index contributed by atoms with van der Waals surface area (Å²) in [6.07, 6.45) is 0. The first kappa shape index (κ1) is 14.9. The van der Waals surface area contributed by atoms with Gasteiger partial charge in [0, 0.05) is 18.0 Å². The van der Waals surface area contributed by atoms with Crippen molar-refractivity contribution in [2.45, 2.75) is 34.6 Å². The Labute approximate surface area is 111 Å². The number of carbonyl (C=O) groups is 1. The van der Waals surface area contributed by atoms with Crippen molar-refractivity contribution in [3.63, 3.8) is 0 Å². The highest BCUT2D eigenvalue weighted by atomic mass is 16.1. The number of hydrogen-bond acceptors (Lipinski definition) is 2. The standard InChI is InChI=1S/C16H25NO/c1-6-17(7-2)11-14(5)16(18)15-10-12(3)8-9-13(15)4/h8-10,14H,6-7,11H2,1-5H3. The van der Waals surface area contributed by atoms with E-state index < -0.39 is 0 Å². The van der Waals surface area contributed by atoms with Crippen molar-refractivity contribution in [3.8, 4) is 0 Å². The van der Waals surface area contributed by atoms with Crippen LogP contribution >= 0.6 is 0 Å². The number of nitrogens with zero attached hydrogens (tertiary/aromatic N) is 1. The molecule has 1 unspecified atom stereocenters. The smallest absolute Gasteiger partial charge is 0.167 e. The molecule has 0 aliphatic heterocycles. The lowest BCUT2D eigenvalue weighted by molar-refractivity contribution is 0.0897. The Kier molecular flexibility index (Phi) is 5.54. The molecule has 0 radical (unpaired) electrons. The van der Waals surface area contributed by atoms with E-state index in [2.05, 4.69) is 24.8 Å². The molecule has 0 bridgehead atoms. The van der Waals surface area contributed by atoms with Crippen molar-refractivity contribution in [3.05, 3.63) is 34.9 Å². The Bertz CT molecular complexity index is 408. The first-order valence-corrected chi connectivity index (χ1v) is 6.83. The van der Waals surface area contributed by atoms with Gasteiger partial charge in [0.15, 0.2) is 5.78 Å². The third kappa shape index (κ3) is 3.67. The molecule has 0 spiro atoms. The molecule has 0 amide bonds. The van der Waals surface area contributed by atoms with Gasteiger partial charge < -0.3 is 4.90 Å². The summed E-state index contributed by atoms with van der Waals surface area (Å²) in [6.45, 7) is 13.2. The van der Waals surface area contributed by atoms with Gasteiger partial charge in [0.2, 0.25) is 0 Å². The second-order valence-electron chi connectivity index (χ2n) is 5.07. The molecule has 0 fully saturated rings. The van der Waals surface area contributed by atoms with Crippen LogP contribution in [0.5, 0.6) is 0 Å². The van der Waals surface area contributed by atoms with Gasteiger partial charge in [-0.25, -0.2) is 0 Å².